The maximum atomic E-state index is 13.6. The number of rotatable bonds is 8. The summed E-state index contributed by atoms with van der Waals surface area (Å²) < 4.78 is 12.6. The van der Waals surface area contributed by atoms with E-state index in [9.17, 15) is 9.59 Å². The van der Waals surface area contributed by atoms with Gasteiger partial charge >= 0.3 is 0 Å². The second-order valence-corrected chi connectivity index (χ2v) is 10.3. The average Bonchev–Trinajstić information content (AvgIpc) is 2.83. The van der Waals surface area contributed by atoms with E-state index < -0.39 is 5.54 Å². The molecule has 1 amide bonds. The molecule has 3 aromatic rings. The molecule has 36 heavy (non-hydrogen) atoms. The molecule has 1 aliphatic heterocycles. The number of morpholine rings is 1. The van der Waals surface area contributed by atoms with Gasteiger partial charge in [-0.3, -0.25) is 19.1 Å². The molecule has 0 spiro atoms. The van der Waals surface area contributed by atoms with Crippen LogP contribution in [-0.4, -0.2) is 70.3 Å². The Morgan fingerprint density at radius 2 is 2.00 bits per heavy atom. The first-order chi connectivity index (χ1) is 17.2. The molecule has 2 aromatic heterocycles. The number of fused-ring (bicyclic) bond motifs is 1. The van der Waals surface area contributed by atoms with Crippen LogP contribution < -0.4 is 15.6 Å². The lowest BCUT2D eigenvalue weighted by molar-refractivity contribution is -0.123. The molecular formula is C26H32ClN5O4. The van der Waals surface area contributed by atoms with Crippen molar-refractivity contribution in [3.63, 3.8) is 0 Å². The van der Waals surface area contributed by atoms with E-state index in [-0.39, 0.29) is 29.0 Å². The minimum Gasteiger partial charge on any atom is -0.492 e. The largest absolute Gasteiger partial charge is 0.492 e. The Morgan fingerprint density at radius 1 is 1.22 bits per heavy atom. The van der Waals surface area contributed by atoms with Crippen LogP contribution in [0.5, 0.6) is 5.75 Å². The normalized spacial score (nSPS) is 14.7. The molecule has 3 heterocycles. The van der Waals surface area contributed by atoms with Gasteiger partial charge < -0.3 is 14.8 Å². The maximum absolute atomic E-state index is 13.6. The molecule has 0 atom stereocenters. The molecule has 0 saturated carbocycles. The van der Waals surface area contributed by atoms with E-state index in [0.717, 1.165) is 39.3 Å². The highest BCUT2D eigenvalue weighted by Gasteiger charge is 2.20. The maximum Gasteiger partial charge on any atom is 0.263 e. The first-order valence-corrected chi connectivity index (χ1v) is 12.5. The Bertz CT molecular complexity index is 1280. The van der Waals surface area contributed by atoms with Gasteiger partial charge in [0.25, 0.3) is 5.56 Å². The third-order valence-corrected chi connectivity index (χ3v) is 5.91. The fourth-order valence-electron chi connectivity index (χ4n) is 4.07. The van der Waals surface area contributed by atoms with Gasteiger partial charge in [-0.05, 0) is 45.4 Å². The van der Waals surface area contributed by atoms with Crippen molar-refractivity contribution in [2.75, 3.05) is 39.5 Å². The number of nitrogens with zero attached hydrogens (tertiary/aromatic N) is 4. The summed E-state index contributed by atoms with van der Waals surface area (Å²) in [4.78, 5) is 37.7. The number of benzene rings is 1. The van der Waals surface area contributed by atoms with Gasteiger partial charge in [0.2, 0.25) is 5.91 Å². The standard InChI is InChI=1S/C26H32ClN5O4/c1-26(2,3)30-22(33)17-32-24(18-6-4-7-19(27)14-18)29-23-21(25(32)34)15-20(16-28-23)36-11-5-8-31-9-12-35-13-10-31/h4,6-7,14-16H,5,8-13,17H2,1-3H3,(H,30,33). The van der Waals surface area contributed by atoms with E-state index in [1.807, 2.05) is 20.8 Å². The van der Waals surface area contributed by atoms with Gasteiger partial charge in [0.1, 0.15) is 18.1 Å². The number of amides is 1. The van der Waals surface area contributed by atoms with E-state index in [1.54, 1.807) is 36.5 Å². The number of carbonyl (C=O) groups is 1. The highest BCUT2D eigenvalue weighted by molar-refractivity contribution is 6.30. The summed E-state index contributed by atoms with van der Waals surface area (Å²) >= 11 is 6.19. The van der Waals surface area contributed by atoms with E-state index in [1.165, 1.54) is 4.57 Å². The molecule has 1 aliphatic rings. The number of carbonyl (C=O) groups excluding carboxylic acids is 1. The summed E-state index contributed by atoms with van der Waals surface area (Å²) in [5.41, 5.74) is 0.0917. The zero-order valence-corrected chi connectivity index (χ0v) is 21.7. The third-order valence-electron chi connectivity index (χ3n) is 5.67. The van der Waals surface area contributed by atoms with Gasteiger partial charge in [-0.2, -0.15) is 0 Å². The first-order valence-electron chi connectivity index (χ1n) is 12.1. The lowest BCUT2D eigenvalue weighted by Gasteiger charge is -2.26. The van der Waals surface area contributed by atoms with Crippen molar-refractivity contribution >= 4 is 28.5 Å². The van der Waals surface area contributed by atoms with E-state index in [4.69, 9.17) is 21.1 Å². The van der Waals surface area contributed by atoms with E-state index in [0.29, 0.717) is 28.8 Å². The zero-order chi connectivity index (χ0) is 25.7. The van der Waals surface area contributed by atoms with Crippen LogP contribution in [0, 0.1) is 0 Å². The monoisotopic (exact) mass is 513 g/mol. The Kier molecular flexibility index (Phi) is 8.23. The molecule has 4 rings (SSSR count). The Hall–Kier alpha value is -3.01. The summed E-state index contributed by atoms with van der Waals surface area (Å²) in [6.07, 6.45) is 2.42. The SMILES string of the molecule is CC(C)(C)NC(=O)Cn1c(-c2cccc(Cl)c2)nc2ncc(OCCCN3CCOCC3)cc2c1=O. The summed E-state index contributed by atoms with van der Waals surface area (Å²) in [5.74, 6) is 0.521. The molecule has 0 aliphatic carbocycles. The number of aromatic nitrogens is 3. The predicted octanol–water partition coefficient (Wildman–Crippen LogP) is 3.13. The molecular weight excluding hydrogens is 482 g/mol. The highest BCUT2D eigenvalue weighted by atomic mass is 35.5. The second-order valence-electron chi connectivity index (χ2n) is 9.83. The van der Waals surface area contributed by atoms with Gasteiger partial charge in [-0.1, -0.05) is 23.7 Å². The number of halogens is 1. The molecule has 0 radical (unpaired) electrons. The van der Waals surface area contributed by atoms with Gasteiger partial charge in [0.15, 0.2) is 5.65 Å². The zero-order valence-electron chi connectivity index (χ0n) is 20.9. The summed E-state index contributed by atoms with van der Waals surface area (Å²) in [6, 6.07) is 8.66. The quantitative estimate of drug-likeness (QED) is 0.462. The van der Waals surface area contributed by atoms with Gasteiger partial charge in [-0.15, -0.1) is 0 Å². The number of hydrogen-bond acceptors (Lipinski definition) is 7. The molecule has 10 heteroatoms. The number of pyridine rings is 1. The van der Waals surface area contributed by atoms with Crippen molar-refractivity contribution < 1.29 is 14.3 Å². The fraction of sp³-hybridized carbons (Fsp3) is 0.462. The van der Waals surface area contributed by atoms with E-state index >= 15 is 0 Å². The van der Waals surface area contributed by atoms with Crippen LogP contribution in [0.25, 0.3) is 22.4 Å². The van der Waals surface area contributed by atoms with Crippen molar-refractivity contribution in [1.29, 1.82) is 0 Å². The molecule has 1 fully saturated rings. The highest BCUT2D eigenvalue weighted by Crippen LogP contribution is 2.23. The molecule has 0 unspecified atom stereocenters. The molecule has 9 nitrogen and oxygen atoms in total. The van der Waals surface area contributed by atoms with Crippen LogP contribution in [0.15, 0.2) is 41.3 Å². The van der Waals surface area contributed by atoms with Gasteiger partial charge in [0, 0.05) is 35.8 Å². The van der Waals surface area contributed by atoms with Gasteiger partial charge in [-0.25, -0.2) is 9.97 Å². The smallest absolute Gasteiger partial charge is 0.263 e. The third kappa shape index (κ3) is 6.81. The summed E-state index contributed by atoms with van der Waals surface area (Å²) in [7, 11) is 0. The topological polar surface area (TPSA) is 98.6 Å². The molecule has 1 aromatic carbocycles. The first kappa shape index (κ1) is 26.1. The lowest BCUT2D eigenvalue weighted by atomic mass is 10.1. The van der Waals surface area contributed by atoms with Crippen molar-refractivity contribution in [3.05, 3.63) is 51.9 Å². The lowest BCUT2D eigenvalue weighted by Crippen LogP contribution is -2.43. The summed E-state index contributed by atoms with van der Waals surface area (Å²) in [5, 5.41) is 3.69. The minimum absolute atomic E-state index is 0.189. The van der Waals surface area contributed by atoms with Crippen LogP contribution in [0.1, 0.15) is 27.2 Å². The van der Waals surface area contributed by atoms with Crippen LogP contribution in [0.4, 0.5) is 0 Å². The van der Waals surface area contributed by atoms with Crippen molar-refractivity contribution in [2.24, 2.45) is 0 Å². The van der Waals surface area contributed by atoms with Crippen molar-refractivity contribution in [3.8, 4) is 17.1 Å². The number of ether oxygens (including phenoxy) is 2. The van der Waals surface area contributed by atoms with Crippen LogP contribution in [0.2, 0.25) is 5.02 Å². The Morgan fingerprint density at radius 3 is 2.72 bits per heavy atom. The number of hydrogen-bond donors (Lipinski definition) is 1. The predicted molar refractivity (Wildman–Crippen MR) is 140 cm³/mol. The number of nitrogens with one attached hydrogen (secondary N) is 1. The molecule has 0 bridgehead atoms. The minimum atomic E-state index is -0.440. The summed E-state index contributed by atoms with van der Waals surface area (Å²) in [6.45, 7) is 10.3. The van der Waals surface area contributed by atoms with Crippen molar-refractivity contribution in [1.82, 2.24) is 24.8 Å². The second kappa shape index (κ2) is 11.4. The Labute approximate surface area is 215 Å². The molecule has 1 N–H and O–H groups in total. The average molecular weight is 514 g/mol. The van der Waals surface area contributed by atoms with Crippen LogP contribution in [-0.2, 0) is 16.1 Å². The van der Waals surface area contributed by atoms with Crippen LogP contribution >= 0.6 is 11.6 Å². The molecule has 192 valence electrons. The van der Waals surface area contributed by atoms with Crippen LogP contribution in [0.3, 0.4) is 0 Å². The fourth-order valence-corrected chi connectivity index (χ4v) is 4.26. The Balaban J connectivity index is 1.61. The molecule has 1 saturated heterocycles. The van der Waals surface area contributed by atoms with Crippen molar-refractivity contribution in [2.45, 2.75) is 39.3 Å². The van der Waals surface area contributed by atoms with Gasteiger partial charge in [0.05, 0.1) is 31.4 Å². The van der Waals surface area contributed by atoms with E-state index in [2.05, 4.69) is 20.2 Å².